The molecule has 1 amide bonds. The van der Waals surface area contributed by atoms with Gasteiger partial charge in [-0.2, -0.15) is 0 Å². The van der Waals surface area contributed by atoms with Gasteiger partial charge in [-0.1, -0.05) is 0 Å². The van der Waals surface area contributed by atoms with Crippen LogP contribution in [0.3, 0.4) is 0 Å². The van der Waals surface area contributed by atoms with Crippen molar-refractivity contribution in [2.24, 2.45) is 0 Å². The summed E-state index contributed by atoms with van der Waals surface area (Å²) in [7, 11) is 1.17. The number of methoxy groups -OCH3 is 1. The lowest BCUT2D eigenvalue weighted by atomic mass is 10.2. The summed E-state index contributed by atoms with van der Waals surface area (Å²) in [6.45, 7) is 1.83. The first kappa shape index (κ1) is 14.2. The number of carbonyl (C=O) groups is 2. The molecule has 0 aliphatic rings. The zero-order chi connectivity index (χ0) is 14.7. The Morgan fingerprint density at radius 1 is 1.30 bits per heavy atom. The number of anilines is 1. The Bertz CT molecular complexity index is 666. The van der Waals surface area contributed by atoms with E-state index < -0.39 is 11.8 Å². The number of aryl methyl sites for hydroxylation is 1. The van der Waals surface area contributed by atoms with Crippen molar-refractivity contribution in [1.29, 1.82) is 0 Å². The molecule has 0 radical (unpaired) electrons. The molecule has 0 aliphatic heterocycles. The number of hydrogen-bond acceptors (Lipinski definition) is 4. The van der Waals surface area contributed by atoms with Crippen molar-refractivity contribution in [2.75, 3.05) is 12.4 Å². The SMILES string of the molecule is COC(=O)c1cc(NC(=O)c2sccc2C)ccc1F. The van der Waals surface area contributed by atoms with Crippen LogP contribution in [0.15, 0.2) is 29.6 Å². The number of ether oxygens (including phenoxy) is 1. The average molecular weight is 293 g/mol. The fraction of sp³-hybridized carbons (Fsp3) is 0.143. The molecule has 0 atom stereocenters. The predicted octanol–water partition coefficient (Wildman–Crippen LogP) is 3.23. The van der Waals surface area contributed by atoms with Gasteiger partial charge < -0.3 is 10.1 Å². The van der Waals surface area contributed by atoms with E-state index in [0.717, 1.165) is 11.6 Å². The van der Waals surface area contributed by atoms with E-state index in [1.54, 1.807) is 0 Å². The number of halogens is 1. The molecule has 2 aromatic rings. The van der Waals surface area contributed by atoms with E-state index in [0.29, 0.717) is 10.6 Å². The normalized spacial score (nSPS) is 10.2. The molecule has 0 saturated heterocycles. The summed E-state index contributed by atoms with van der Waals surface area (Å²) in [5.41, 5.74) is 0.987. The van der Waals surface area contributed by atoms with Crippen molar-refractivity contribution >= 4 is 28.9 Å². The highest BCUT2D eigenvalue weighted by atomic mass is 32.1. The highest BCUT2D eigenvalue weighted by Crippen LogP contribution is 2.20. The zero-order valence-corrected chi connectivity index (χ0v) is 11.7. The molecule has 1 aromatic heterocycles. The highest BCUT2D eigenvalue weighted by Gasteiger charge is 2.15. The summed E-state index contributed by atoms with van der Waals surface area (Å²) >= 11 is 1.32. The van der Waals surface area contributed by atoms with E-state index in [2.05, 4.69) is 10.1 Å². The minimum absolute atomic E-state index is 0.215. The Hall–Kier alpha value is -2.21. The summed E-state index contributed by atoms with van der Waals surface area (Å²) < 4.78 is 17.9. The summed E-state index contributed by atoms with van der Waals surface area (Å²) in [6, 6.07) is 5.60. The van der Waals surface area contributed by atoms with Crippen LogP contribution >= 0.6 is 11.3 Å². The van der Waals surface area contributed by atoms with Crippen LogP contribution in [0.25, 0.3) is 0 Å². The first-order valence-corrected chi connectivity index (χ1v) is 6.64. The molecule has 0 saturated carbocycles. The molecule has 0 unspecified atom stereocenters. The van der Waals surface area contributed by atoms with E-state index in [9.17, 15) is 14.0 Å². The van der Waals surface area contributed by atoms with E-state index >= 15 is 0 Å². The Kier molecular flexibility index (Phi) is 4.14. The van der Waals surface area contributed by atoms with Gasteiger partial charge in [0.1, 0.15) is 5.82 Å². The van der Waals surface area contributed by atoms with Gasteiger partial charge in [0.15, 0.2) is 0 Å². The number of carbonyl (C=O) groups excluding carboxylic acids is 2. The van der Waals surface area contributed by atoms with E-state index in [1.165, 1.54) is 30.6 Å². The number of esters is 1. The summed E-state index contributed by atoms with van der Waals surface area (Å²) in [4.78, 5) is 24.0. The van der Waals surface area contributed by atoms with Crippen LogP contribution in [0.4, 0.5) is 10.1 Å². The number of amides is 1. The van der Waals surface area contributed by atoms with Crippen LogP contribution in [-0.2, 0) is 4.74 Å². The Morgan fingerprint density at radius 3 is 2.65 bits per heavy atom. The van der Waals surface area contributed by atoms with Gasteiger partial charge in [-0.15, -0.1) is 11.3 Å². The van der Waals surface area contributed by atoms with Crippen molar-refractivity contribution in [3.63, 3.8) is 0 Å². The summed E-state index contributed by atoms with van der Waals surface area (Å²) in [5.74, 6) is -1.77. The van der Waals surface area contributed by atoms with Crippen molar-refractivity contribution in [2.45, 2.75) is 6.92 Å². The second kappa shape index (κ2) is 5.83. The monoisotopic (exact) mass is 293 g/mol. The number of nitrogens with one attached hydrogen (secondary N) is 1. The molecule has 4 nitrogen and oxygen atoms in total. The van der Waals surface area contributed by atoms with Crippen LogP contribution in [0.5, 0.6) is 0 Å². The van der Waals surface area contributed by atoms with E-state index in [4.69, 9.17) is 0 Å². The maximum absolute atomic E-state index is 13.5. The van der Waals surface area contributed by atoms with E-state index in [-0.39, 0.29) is 11.5 Å². The molecular formula is C14H12FNO3S. The number of benzene rings is 1. The second-order valence-corrected chi connectivity index (χ2v) is 4.99. The third-order valence-corrected chi connectivity index (χ3v) is 3.71. The third kappa shape index (κ3) is 2.85. The fourth-order valence-electron chi connectivity index (χ4n) is 1.66. The van der Waals surface area contributed by atoms with Gasteiger partial charge in [0.2, 0.25) is 0 Å². The van der Waals surface area contributed by atoms with Gasteiger partial charge in [0.25, 0.3) is 5.91 Å². The lowest BCUT2D eigenvalue weighted by Gasteiger charge is -2.07. The molecule has 6 heteroatoms. The Balaban J connectivity index is 2.24. The maximum Gasteiger partial charge on any atom is 0.340 e. The minimum Gasteiger partial charge on any atom is -0.465 e. The van der Waals surface area contributed by atoms with Crippen LogP contribution < -0.4 is 5.32 Å². The second-order valence-electron chi connectivity index (χ2n) is 4.07. The zero-order valence-electron chi connectivity index (χ0n) is 10.9. The van der Waals surface area contributed by atoms with Crippen molar-refractivity contribution in [3.05, 3.63) is 51.5 Å². The molecule has 0 bridgehead atoms. The summed E-state index contributed by atoms with van der Waals surface area (Å²) in [5, 5.41) is 4.44. The minimum atomic E-state index is -0.786. The van der Waals surface area contributed by atoms with Crippen LogP contribution in [0, 0.1) is 12.7 Å². The molecular weight excluding hydrogens is 281 g/mol. The van der Waals surface area contributed by atoms with E-state index in [1.807, 2.05) is 18.4 Å². The maximum atomic E-state index is 13.5. The van der Waals surface area contributed by atoms with Gasteiger partial charge in [-0.25, -0.2) is 9.18 Å². The predicted molar refractivity (Wildman–Crippen MR) is 74.7 cm³/mol. The molecule has 20 heavy (non-hydrogen) atoms. The topological polar surface area (TPSA) is 55.4 Å². The van der Waals surface area contributed by atoms with Gasteiger partial charge in [0, 0.05) is 5.69 Å². The lowest BCUT2D eigenvalue weighted by Crippen LogP contribution is -2.13. The largest absolute Gasteiger partial charge is 0.465 e. The fourth-order valence-corrected chi connectivity index (χ4v) is 2.48. The van der Waals surface area contributed by atoms with Crippen LogP contribution in [0.1, 0.15) is 25.6 Å². The summed E-state index contributed by atoms with van der Waals surface area (Å²) in [6.07, 6.45) is 0. The quantitative estimate of drug-likeness (QED) is 0.884. The lowest BCUT2D eigenvalue weighted by molar-refractivity contribution is 0.0595. The van der Waals surface area contributed by atoms with Crippen molar-refractivity contribution in [3.8, 4) is 0 Å². The number of hydrogen-bond donors (Lipinski definition) is 1. The Labute approximate surface area is 119 Å². The van der Waals surface area contributed by atoms with Crippen LogP contribution in [0.2, 0.25) is 0 Å². The highest BCUT2D eigenvalue weighted by molar-refractivity contribution is 7.12. The standard InChI is InChI=1S/C14H12FNO3S/c1-8-5-6-20-12(8)13(17)16-9-3-4-11(15)10(7-9)14(18)19-2/h3-7H,1-2H3,(H,16,17). The smallest absolute Gasteiger partial charge is 0.340 e. The number of thiophene rings is 1. The number of rotatable bonds is 3. The molecule has 1 aromatic carbocycles. The first-order chi connectivity index (χ1) is 9.52. The van der Waals surface area contributed by atoms with Crippen LogP contribution in [-0.4, -0.2) is 19.0 Å². The molecule has 1 heterocycles. The van der Waals surface area contributed by atoms with Gasteiger partial charge in [-0.3, -0.25) is 4.79 Å². The van der Waals surface area contributed by atoms with Crippen molar-refractivity contribution < 1.29 is 18.7 Å². The third-order valence-electron chi connectivity index (χ3n) is 2.70. The molecule has 1 N–H and O–H groups in total. The van der Waals surface area contributed by atoms with Gasteiger partial charge >= 0.3 is 5.97 Å². The first-order valence-electron chi connectivity index (χ1n) is 5.76. The molecule has 2 rings (SSSR count). The average Bonchev–Trinajstić information content (AvgIpc) is 2.86. The molecule has 0 aliphatic carbocycles. The Morgan fingerprint density at radius 2 is 2.05 bits per heavy atom. The molecule has 0 spiro atoms. The van der Waals surface area contributed by atoms with Crippen molar-refractivity contribution in [1.82, 2.24) is 0 Å². The molecule has 104 valence electrons. The molecule has 0 fully saturated rings. The van der Waals surface area contributed by atoms with Gasteiger partial charge in [0.05, 0.1) is 17.6 Å². The van der Waals surface area contributed by atoms with Gasteiger partial charge in [-0.05, 0) is 42.1 Å².